The van der Waals surface area contributed by atoms with Crippen LogP contribution < -0.4 is 10.5 Å². The largest absolute Gasteiger partial charge is 0.463 e. The van der Waals surface area contributed by atoms with Gasteiger partial charge < -0.3 is 15.2 Å². The molecule has 5 nitrogen and oxygen atoms in total. The molecule has 0 unspecified atom stereocenters. The summed E-state index contributed by atoms with van der Waals surface area (Å²) in [5.41, 5.74) is 8.03. The fourth-order valence-electron chi connectivity index (χ4n) is 1.99. The van der Waals surface area contributed by atoms with Crippen LogP contribution in [0, 0.1) is 6.92 Å². The number of anilines is 1. The summed E-state index contributed by atoms with van der Waals surface area (Å²) in [7, 11) is 0. The maximum absolute atomic E-state index is 11.6. The highest BCUT2D eigenvalue weighted by Crippen LogP contribution is 2.25. The lowest BCUT2D eigenvalue weighted by atomic mass is 10.1. The van der Waals surface area contributed by atoms with E-state index >= 15 is 0 Å². The van der Waals surface area contributed by atoms with Gasteiger partial charge in [0.15, 0.2) is 0 Å². The van der Waals surface area contributed by atoms with Crippen LogP contribution in [0.1, 0.15) is 30.9 Å². The highest BCUT2D eigenvalue weighted by atomic mass is 16.5. The van der Waals surface area contributed by atoms with Crippen molar-refractivity contribution in [3.8, 4) is 11.6 Å². The van der Waals surface area contributed by atoms with E-state index in [9.17, 15) is 4.79 Å². The lowest BCUT2D eigenvalue weighted by Gasteiger charge is -2.08. The van der Waals surface area contributed by atoms with Crippen LogP contribution in [0.4, 0.5) is 5.69 Å². The van der Waals surface area contributed by atoms with Crippen molar-refractivity contribution in [1.82, 2.24) is 4.98 Å². The zero-order valence-electron chi connectivity index (χ0n) is 14.0. The quantitative estimate of drug-likeness (QED) is 0.470. The lowest BCUT2D eigenvalue weighted by Crippen LogP contribution is -2.01. The molecule has 2 N–H and O–H groups in total. The van der Waals surface area contributed by atoms with Gasteiger partial charge in [-0.05, 0) is 48.7 Å². The van der Waals surface area contributed by atoms with E-state index < -0.39 is 0 Å². The molecule has 0 spiro atoms. The molecule has 0 atom stereocenters. The number of benzene rings is 1. The summed E-state index contributed by atoms with van der Waals surface area (Å²) in [6, 6.07) is 9.10. The minimum absolute atomic E-state index is 0.326. The van der Waals surface area contributed by atoms with Gasteiger partial charge in [0.05, 0.1) is 18.5 Å². The van der Waals surface area contributed by atoms with E-state index in [4.69, 9.17) is 15.2 Å². The number of aryl methyl sites for hydroxylation is 1. The molecule has 2 rings (SSSR count). The average molecular weight is 326 g/mol. The molecule has 0 amide bonds. The minimum Gasteiger partial charge on any atom is -0.463 e. The number of nitrogen functional groups attached to an aromatic ring is 1. The van der Waals surface area contributed by atoms with Crippen molar-refractivity contribution in [2.45, 2.75) is 26.7 Å². The summed E-state index contributed by atoms with van der Waals surface area (Å²) in [6.45, 7) is 4.44. The van der Waals surface area contributed by atoms with Crippen LogP contribution in [0.5, 0.6) is 11.6 Å². The van der Waals surface area contributed by atoms with Crippen LogP contribution in [-0.2, 0) is 9.53 Å². The molecular formula is C19H22N2O3. The minimum atomic E-state index is -0.326. The average Bonchev–Trinajstić information content (AvgIpc) is 2.57. The molecule has 24 heavy (non-hydrogen) atoms. The molecule has 0 radical (unpaired) electrons. The van der Waals surface area contributed by atoms with Crippen LogP contribution in [0.3, 0.4) is 0 Å². The van der Waals surface area contributed by atoms with E-state index in [1.165, 1.54) is 6.08 Å². The number of aromatic nitrogens is 1. The molecule has 1 heterocycles. The van der Waals surface area contributed by atoms with Crippen molar-refractivity contribution in [2.75, 3.05) is 12.3 Å². The summed E-state index contributed by atoms with van der Waals surface area (Å²) in [5.74, 6) is 0.859. The molecule has 2 aromatic rings. The van der Waals surface area contributed by atoms with E-state index in [0.717, 1.165) is 24.0 Å². The van der Waals surface area contributed by atoms with Crippen LogP contribution in [0.25, 0.3) is 6.08 Å². The molecule has 1 aromatic heterocycles. The number of hydrogen-bond acceptors (Lipinski definition) is 5. The van der Waals surface area contributed by atoms with Crippen LogP contribution >= 0.6 is 0 Å². The van der Waals surface area contributed by atoms with Crippen LogP contribution in [-0.4, -0.2) is 17.6 Å². The Labute approximate surface area is 142 Å². The normalized spacial score (nSPS) is 10.8. The first-order chi connectivity index (χ1) is 11.6. The van der Waals surface area contributed by atoms with Crippen molar-refractivity contribution in [3.63, 3.8) is 0 Å². The molecule has 1 aromatic carbocycles. The third kappa shape index (κ3) is 5.43. The predicted molar refractivity (Wildman–Crippen MR) is 94.8 cm³/mol. The van der Waals surface area contributed by atoms with Gasteiger partial charge in [-0.15, -0.1) is 0 Å². The van der Waals surface area contributed by atoms with E-state index in [1.807, 2.05) is 25.1 Å². The smallest absolute Gasteiger partial charge is 0.330 e. The van der Waals surface area contributed by atoms with Gasteiger partial charge in [-0.3, -0.25) is 0 Å². The molecule has 0 aliphatic carbocycles. The second kappa shape index (κ2) is 8.72. The number of carbonyl (C=O) groups is 1. The zero-order valence-corrected chi connectivity index (χ0v) is 14.0. The van der Waals surface area contributed by atoms with Gasteiger partial charge in [0.2, 0.25) is 5.88 Å². The number of rotatable bonds is 7. The van der Waals surface area contributed by atoms with Gasteiger partial charge in [0.25, 0.3) is 0 Å². The van der Waals surface area contributed by atoms with Gasteiger partial charge in [-0.2, -0.15) is 0 Å². The Morgan fingerprint density at radius 1 is 1.29 bits per heavy atom. The molecule has 0 aliphatic heterocycles. The van der Waals surface area contributed by atoms with Crippen LogP contribution in [0.2, 0.25) is 0 Å². The van der Waals surface area contributed by atoms with E-state index in [1.54, 1.807) is 24.4 Å². The van der Waals surface area contributed by atoms with Crippen LogP contribution in [0.15, 0.2) is 42.6 Å². The number of nitrogens with zero attached hydrogens (tertiary/aromatic N) is 1. The summed E-state index contributed by atoms with van der Waals surface area (Å²) in [5, 5.41) is 0. The standard InChI is InChI=1S/C19H22N2O3/c1-3-4-11-23-19(22)10-6-15-5-8-17(14(2)12-15)24-18-9-7-16(20)13-21-18/h5-10,12-13H,3-4,11,20H2,1-2H3/b10-6+. The maximum Gasteiger partial charge on any atom is 0.330 e. The number of nitrogens with two attached hydrogens (primary N) is 1. The number of carbonyl (C=O) groups excluding carboxylic acids is 1. The zero-order chi connectivity index (χ0) is 17.4. The Balaban J connectivity index is 1.98. The fourth-order valence-corrected chi connectivity index (χ4v) is 1.99. The van der Waals surface area contributed by atoms with E-state index in [0.29, 0.717) is 23.9 Å². The number of ether oxygens (including phenoxy) is 2. The third-order valence-corrected chi connectivity index (χ3v) is 3.33. The summed E-state index contributed by atoms with van der Waals surface area (Å²) < 4.78 is 10.8. The highest BCUT2D eigenvalue weighted by molar-refractivity contribution is 5.87. The van der Waals surface area contributed by atoms with Gasteiger partial charge in [0, 0.05) is 12.1 Å². The Morgan fingerprint density at radius 3 is 2.79 bits per heavy atom. The first-order valence-corrected chi connectivity index (χ1v) is 7.93. The third-order valence-electron chi connectivity index (χ3n) is 3.33. The Hall–Kier alpha value is -2.82. The molecule has 0 fully saturated rings. The Bertz CT molecular complexity index is 709. The maximum atomic E-state index is 11.6. The van der Waals surface area contributed by atoms with Gasteiger partial charge >= 0.3 is 5.97 Å². The molecule has 5 heteroatoms. The van der Waals surface area contributed by atoms with Gasteiger partial charge in [-0.25, -0.2) is 9.78 Å². The SMILES string of the molecule is CCCCOC(=O)/C=C/c1ccc(Oc2ccc(N)cn2)c(C)c1. The molecular weight excluding hydrogens is 304 g/mol. The first-order valence-electron chi connectivity index (χ1n) is 7.93. The van der Waals surface area contributed by atoms with Crippen molar-refractivity contribution >= 4 is 17.7 Å². The molecule has 126 valence electrons. The van der Waals surface area contributed by atoms with Crippen molar-refractivity contribution in [2.24, 2.45) is 0 Å². The predicted octanol–water partition coefficient (Wildman–Crippen LogP) is 4.12. The molecule has 0 bridgehead atoms. The Morgan fingerprint density at radius 2 is 2.12 bits per heavy atom. The van der Waals surface area contributed by atoms with Crippen molar-refractivity contribution < 1.29 is 14.3 Å². The molecule has 0 aliphatic rings. The number of esters is 1. The van der Waals surface area contributed by atoms with E-state index in [-0.39, 0.29) is 5.97 Å². The van der Waals surface area contributed by atoms with Crippen molar-refractivity contribution in [1.29, 1.82) is 0 Å². The summed E-state index contributed by atoms with van der Waals surface area (Å²) >= 11 is 0. The number of unbranched alkanes of at least 4 members (excludes halogenated alkanes) is 1. The van der Waals surface area contributed by atoms with Gasteiger partial charge in [0.1, 0.15) is 5.75 Å². The van der Waals surface area contributed by atoms with E-state index in [2.05, 4.69) is 11.9 Å². The number of hydrogen-bond donors (Lipinski definition) is 1. The summed E-state index contributed by atoms with van der Waals surface area (Å²) in [6.07, 6.45) is 6.59. The molecule has 0 saturated heterocycles. The van der Waals surface area contributed by atoms with Crippen molar-refractivity contribution in [3.05, 3.63) is 53.7 Å². The van der Waals surface area contributed by atoms with Gasteiger partial charge in [-0.1, -0.05) is 19.4 Å². The first kappa shape index (κ1) is 17.5. The fraction of sp³-hybridized carbons (Fsp3) is 0.263. The topological polar surface area (TPSA) is 74.4 Å². The highest BCUT2D eigenvalue weighted by Gasteiger charge is 2.04. The summed E-state index contributed by atoms with van der Waals surface area (Å²) in [4.78, 5) is 15.7. The Kier molecular flexibility index (Phi) is 6.37. The second-order valence-corrected chi connectivity index (χ2v) is 5.41. The monoisotopic (exact) mass is 326 g/mol. The molecule has 0 saturated carbocycles. The number of pyridine rings is 1. The second-order valence-electron chi connectivity index (χ2n) is 5.41. The lowest BCUT2D eigenvalue weighted by molar-refractivity contribution is -0.137.